The Labute approximate surface area is 90.8 Å². The molecule has 0 aliphatic heterocycles. The van der Waals surface area contributed by atoms with Crippen LogP contribution in [0.2, 0.25) is 0 Å². The molecule has 0 radical (unpaired) electrons. The number of nitrogens with zero attached hydrogens (tertiary/aromatic N) is 1. The van der Waals surface area contributed by atoms with Crippen LogP contribution in [0, 0.1) is 0 Å². The number of nitrogens with one attached hydrogen (secondary N) is 1. The van der Waals surface area contributed by atoms with Gasteiger partial charge in [0.25, 0.3) is 5.56 Å². The summed E-state index contributed by atoms with van der Waals surface area (Å²) in [5.41, 5.74) is -0.173. The molecule has 1 aromatic heterocycles. The van der Waals surface area contributed by atoms with E-state index in [4.69, 9.17) is 4.74 Å². The molecule has 0 aromatic carbocycles. The van der Waals surface area contributed by atoms with E-state index in [9.17, 15) is 4.79 Å². The van der Waals surface area contributed by atoms with E-state index in [1.54, 1.807) is 0 Å². The third-order valence-electron chi connectivity index (χ3n) is 1.82. The number of aromatic amines is 1. The highest BCUT2D eigenvalue weighted by Gasteiger charge is 2.11. The van der Waals surface area contributed by atoms with E-state index in [-0.39, 0.29) is 11.7 Å². The van der Waals surface area contributed by atoms with Crippen LogP contribution < -0.4 is 5.56 Å². The van der Waals surface area contributed by atoms with Crippen LogP contribution in [-0.4, -0.2) is 16.6 Å². The van der Waals surface area contributed by atoms with Crippen molar-refractivity contribution in [2.75, 3.05) is 6.61 Å². The van der Waals surface area contributed by atoms with E-state index < -0.39 is 0 Å². The first-order valence-corrected chi connectivity index (χ1v) is 5.34. The fourth-order valence-corrected chi connectivity index (χ4v) is 1.35. The van der Waals surface area contributed by atoms with Gasteiger partial charge in [0.05, 0.1) is 0 Å². The number of ether oxygens (including phenoxy) is 1. The lowest BCUT2D eigenvalue weighted by Gasteiger charge is -2.13. The van der Waals surface area contributed by atoms with Gasteiger partial charge in [-0.1, -0.05) is 6.92 Å². The monoisotopic (exact) mass is 260 g/mol. The predicted octanol–water partition coefficient (Wildman–Crippen LogP) is 2.02. The Balaban J connectivity index is 2.93. The first-order valence-electron chi connectivity index (χ1n) is 4.55. The van der Waals surface area contributed by atoms with Crippen molar-refractivity contribution in [3.8, 4) is 0 Å². The molecule has 0 bridgehead atoms. The number of aromatic nitrogens is 2. The molecule has 0 saturated heterocycles. The Bertz CT molecular complexity index is 351. The van der Waals surface area contributed by atoms with Crippen LogP contribution in [-0.2, 0) is 4.74 Å². The van der Waals surface area contributed by atoms with E-state index in [2.05, 4.69) is 25.9 Å². The smallest absolute Gasteiger partial charge is 0.265 e. The zero-order valence-electron chi connectivity index (χ0n) is 8.21. The molecule has 4 nitrogen and oxygen atoms in total. The third kappa shape index (κ3) is 2.65. The van der Waals surface area contributed by atoms with Crippen LogP contribution in [0.1, 0.15) is 32.2 Å². The molecule has 0 spiro atoms. The van der Waals surface area contributed by atoms with E-state index >= 15 is 0 Å². The standard InChI is InChI=1S/C9H13BrN2O2/c1-3-7(14-4-2)8-11-5-6(10)9(13)12-8/h5,7H,3-4H2,1-2H3,(H,11,12,13). The van der Waals surface area contributed by atoms with Crippen LogP contribution in [0.15, 0.2) is 15.5 Å². The molecular formula is C9H13BrN2O2. The molecule has 1 atom stereocenters. The predicted molar refractivity (Wildman–Crippen MR) is 57.2 cm³/mol. The highest BCUT2D eigenvalue weighted by molar-refractivity contribution is 9.10. The van der Waals surface area contributed by atoms with Gasteiger partial charge in [-0.15, -0.1) is 0 Å². The molecule has 0 fully saturated rings. The van der Waals surface area contributed by atoms with Gasteiger partial charge in [-0.2, -0.15) is 0 Å². The van der Waals surface area contributed by atoms with Crippen LogP contribution in [0.5, 0.6) is 0 Å². The third-order valence-corrected chi connectivity index (χ3v) is 2.38. The summed E-state index contributed by atoms with van der Waals surface area (Å²) in [7, 11) is 0. The molecule has 14 heavy (non-hydrogen) atoms. The lowest BCUT2D eigenvalue weighted by atomic mass is 10.2. The molecule has 0 aliphatic rings. The summed E-state index contributed by atoms with van der Waals surface area (Å²) >= 11 is 3.09. The topological polar surface area (TPSA) is 55.0 Å². The minimum Gasteiger partial charge on any atom is -0.371 e. The first kappa shape index (κ1) is 11.4. The number of rotatable bonds is 4. The average Bonchev–Trinajstić information content (AvgIpc) is 2.19. The zero-order valence-corrected chi connectivity index (χ0v) is 9.80. The Kier molecular flexibility index (Phi) is 4.28. The van der Waals surface area contributed by atoms with Crippen molar-refractivity contribution in [3.05, 3.63) is 26.8 Å². The maximum atomic E-state index is 11.3. The second-order valence-electron chi connectivity index (χ2n) is 2.80. The van der Waals surface area contributed by atoms with Gasteiger partial charge >= 0.3 is 0 Å². The summed E-state index contributed by atoms with van der Waals surface area (Å²) in [6, 6.07) is 0. The number of hydrogen-bond donors (Lipinski definition) is 1. The van der Waals surface area contributed by atoms with Gasteiger partial charge in [-0.25, -0.2) is 4.98 Å². The maximum absolute atomic E-state index is 11.3. The van der Waals surface area contributed by atoms with E-state index in [0.29, 0.717) is 16.9 Å². The Hall–Kier alpha value is -0.680. The van der Waals surface area contributed by atoms with Gasteiger partial charge in [-0.05, 0) is 29.3 Å². The van der Waals surface area contributed by atoms with Crippen molar-refractivity contribution < 1.29 is 4.74 Å². The van der Waals surface area contributed by atoms with Crippen molar-refractivity contribution in [1.29, 1.82) is 0 Å². The number of H-pyrrole nitrogens is 1. The van der Waals surface area contributed by atoms with Crippen LogP contribution >= 0.6 is 15.9 Å². The summed E-state index contributed by atoms with van der Waals surface area (Å²) in [5.74, 6) is 0.586. The molecule has 0 aliphatic carbocycles. The minimum atomic E-state index is -0.173. The quantitative estimate of drug-likeness (QED) is 0.902. The second-order valence-corrected chi connectivity index (χ2v) is 3.65. The van der Waals surface area contributed by atoms with Crippen molar-refractivity contribution in [2.24, 2.45) is 0 Å². The van der Waals surface area contributed by atoms with Crippen LogP contribution in [0.3, 0.4) is 0 Å². The maximum Gasteiger partial charge on any atom is 0.265 e. The Morgan fingerprint density at radius 2 is 2.36 bits per heavy atom. The van der Waals surface area contributed by atoms with Gasteiger partial charge in [0, 0.05) is 12.8 Å². The molecule has 1 rings (SSSR count). The largest absolute Gasteiger partial charge is 0.371 e. The van der Waals surface area contributed by atoms with Crippen molar-refractivity contribution in [2.45, 2.75) is 26.4 Å². The van der Waals surface area contributed by atoms with Crippen molar-refractivity contribution in [3.63, 3.8) is 0 Å². The fraction of sp³-hybridized carbons (Fsp3) is 0.556. The van der Waals surface area contributed by atoms with Gasteiger partial charge < -0.3 is 9.72 Å². The van der Waals surface area contributed by atoms with Crippen LogP contribution in [0.25, 0.3) is 0 Å². The summed E-state index contributed by atoms with van der Waals surface area (Å²) in [6.07, 6.45) is 2.16. The molecule has 0 amide bonds. The summed E-state index contributed by atoms with van der Waals surface area (Å²) < 4.78 is 5.86. The molecular weight excluding hydrogens is 248 g/mol. The number of halogens is 1. The van der Waals surface area contributed by atoms with Crippen LogP contribution in [0.4, 0.5) is 0 Å². The van der Waals surface area contributed by atoms with Gasteiger partial charge in [-0.3, -0.25) is 4.79 Å². The highest BCUT2D eigenvalue weighted by atomic mass is 79.9. The van der Waals surface area contributed by atoms with Gasteiger partial charge in [0.2, 0.25) is 0 Å². The molecule has 0 saturated carbocycles. The summed E-state index contributed by atoms with van der Waals surface area (Å²) in [6.45, 7) is 4.51. The van der Waals surface area contributed by atoms with Crippen molar-refractivity contribution >= 4 is 15.9 Å². The second kappa shape index (κ2) is 5.26. The SMILES string of the molecule is CCOC(CC)c1ncc(Br)c(=O)[nH]1. The number of hydrogen-bond acceptors (Lipinski definition) is 3. The van der Waals surface area contributed by atoms with E-state index in [1.165, 1.54) is 6.20 Å². The highest BCUT2D eigenvalue weighted by Crippen LogP contribution is 2.15. The normalized spacial score (nSPS) is 12.8. The Morgan fingerprint density at radius 3 is 2.86 bits per heavy atom. The molecule has 5 heteroatoms. The van der Waals surface area contributed by atoms with Gasteiger partial charge in [0.15, 0.2) is 0 Å². The Morgan fingerprint density at radius 1 is 1.64 bits per heavy atom. The lowest BCUT2D eigenvalue weighted by Crippen LogP contribution is -2.16. The zero-order chi connectivity index (χ0) is 10.6. The summed E-state index contributed by atoms with van der Waals surface area (Å²) in [4.78, 5) is 18.0. The van der Waals surface area contributed by atoms with E-state index in [0.717, 1.165) is 6.42 Å². The summed E-state index contributed by atoms with van der Waals surface area (Å²) in [5, 5.41) is 0. The van der Waals surface area contributed by atoms with Crippen molar-refractivity contribution in [1.82, 2.24) is 9.97 Å². The van der Waals surface area contributed by atoms with Gasteiger partial charge in [0.1, 0.15) is 16.4 Å². The first-order chi connectivity index (χ1) is 6.69. The molecule has 1 heterocycles. The molecule has 1 N–H and O–H groups in total. The molecule has 78 valence electrons. The lowest BCUT2D eigenvalue weighted by molar-refractivity contribution is 0.0532. The van der Waals surface area contributed by atoms with E-state index in [1.807, 2.05) is 13.8 Å². The molecule has 1 aromatic rings. The average molecular weight is 261 g/mol. The molecule has 1 unspecified atom stereocenters. The minimum absolute atomic E-state index is 0.124. The fourth-order valence-electron chi connectivity index (χ4n) is 1.15.